The van der Waals surface area contributed by atoms with Crippen LogP contribution in [0.3, 0.4) is 0 Å². The van der Waals surface area contributed by atoms with Gasteiger partial charge in [-0.25, -0.2) is 9.48 Å². The van der Waals surface area contributed by atoms with Crippen molar-refractivity contribution in [2.75, 3.05) is 6.54 Å². The molecule has 1 amide bonds. The summed E-state index contributed by atoms with van der Waals surface area (Å²) >= 11 is 18.0. The molecular formula is C21H19Cl3F3N5O2. The van der Waals surface area contributed by atoms with Crippen molar-refractivity contribution in [3.63, 3.8) is 0 Å². The molecule has 13 heteroatoms. The van der Waals surface area contributed by atoms with E-state index in [9.17, 15) is 22.8 Å². The minimum atomic E-state index is -4.48. The van der Waals surface area contributed by atoms with E-state index in [1.54, 1.807) is 18.2 Å². The second-order valence-corrected chi connectivity index (χ2v) is 8.56. The number of nitrogens with two attached hydrogens (primary N) is 1. The molecule has 34 heavy (non-hydrogen) atoms. The van der Waals surface area contributed by atoms with Crippen LogP contribution in [0.1, 0.15) is 18.0 Å². The predicted octanol–water partition coefficient (Wildman–Crippen LogP) is 4.44. The number of carbonyl (C=O) groups is 1. The molecule has 0 saturated heterocycles. The van der Waals surface area contributed by atoms with E-state index in [0.29, 0.717) is 21.2 Å². The Labute approximate surface area is 207 Å². The summed E-state index contributed by atoms with van der Waals surface area (Å²) in [5.41, 5.74) is 6.11. The van der Waals surface area contributed by atoms with Gasteiger partial charge in [-0.2, -0.15) is 13.2 Å². The molecule has 3 N–H and O–H groups in total. The maximum atomic E-state index is 12.8. The number of carbonyl (C=O) groups excluding carboxylic acids is 1. The molecule has 7 nitrogen and oxygen atoms in total. The van der Waals surface area contributed by atoms with Gasteiger partial charge in [0.05, 0.1) is 16.5 Å². The van der Waals surface area contributed by atoms with Gasteiger partial charge in [0.25, 0.3) is 0 Å². The van der Waals surface area contributed by atoms with Crippen molar-refractivity contribution in [3.05, 3.63) is 73.6 Å². The Kier molecular flexibility index (Phi) is 8.29. The van der Waals surface area contributed by atoms with Gasteiger partial charge in [0.15, 0.2) is 5.82 Å². The normalized spacial score (nSPS) is 12.6. The molecule has 182 valence electrons. The van der Waals surface area contributed by atoms with Crippen LogP contribution in [0, 0.1) is 0 Å². The number of rotatable bonds is 8. The number of benzene rings is 2. The van der Waals surface area contributed by atoms with Gasteiger partial charge in [0.2, 0.25) is 5.91 Å². The maximum Gasteiger partial charge on any atom is 0.390 e. The highest BCUT2D eigenvalue weighted by molar-refractivity contribution is 6.42. The van der Waals surface area contributed by atoms with Gasteiger partial charge < -0.3 is 11.1 Å². The number of nitrogens with zero attached hydrogens (tertiary/aromatic N) is 3. The van der Waals surface area contributed by atoms with Gasteiger partial charge >= 0.3 is 11.9 Å². The first-order chi connectivity index (χ1) is 16.0. The molecule has 0 aliphatic carbocycles. The number of amides is 1. The number of alkyl halides is 3. The lowest BCUT2D eigenvalue weighted by atomic mass is 10.1. The third kappa shape index (κ3) is 6.53. The van der Waals surface area contributed by atoms with Crippen molar-refractivity contribution in [3.8, 4) is 11.4 Å². The summed E-state index contributed by atoms with van der Waals surface area (Å²) in [5, 5.41) is 7.63. The Bertz CT molecular complexity index is 1230. The molecule has 0 bridgehead atoms. The molecule has 1 heterocycles. The molecular weight excluding hydrogens is 518 g/mol. The Balaban J connectivity index is 1.78. The molecule has 3 rings (SSSR count). The van der Waals surface area contributed by atoms with E-state index >= 15 is 0 Å². The van der Waals surface area contributed by atoms with Crippen LogP contribution in [-0.2, 0) is 17.9 Å². The highest BCUT2D eigenvalue weighted by atomic mass is 35.5. The summed E-state index contributed by atoms with van der Waals surface area (Å²) in [5.74, 6) is -0.625. The van der Waals surface area contributed by atoms with Crippen molar-refractivity contribution in [1.29, 1.82) is 0 Å². The lowest BCUT2D eigenvalue weighted by Crippen LogP contribution is -2.37. The maximum absolute atomic E-state index is 12.8. The summed E-state index contributed by atoms with van der Waals surface area (Å²) in [4.78, 5) is 25.2. The van der Waals surface area contributed by atoms with Crippen LogP contribution in [0.5, 0.6) is 0 Å². The van der Waals surface area contributed by atoms with Crippen LogP contribution in [0.4, 0.5) is 13.2 Å². The van der Waals surface area contributed by atoms with Crippen molar-refractivity contribution >= 4 is 40.7 Å². The number of aromatic nitrogens is 3. The zero-order chi connectivity index (χ0) is 25.0. The third-order valence-corrected chi connectivity index (χ3v) is 5.92. The van der Waals surface area contributed by atoms with Gasteiger partial charge in [-0.3, -0.25) is 9.36 Å². The summed E-state index contributed by atoms with van der Waals surface area (Å²) in [7, 11) is 0. The molecule has 0 spiro atoms. The highest BCUT2D eigenvalue weighted by Crippen LogP contribution is 2.28. The number of halogens is 6. The van der Waals surface area contributed by atoms with Gasteiger partial charge in [0, 0.05) is 29.7 Å². The topological polar surface area (TPSA) is 94.9 Å². The van der Waals surface area contributed by atoms with E-state index in [1.165, 1.54) is 24.3 Å². The molecule has 0 fully saturated rings. The molecule has 3 aromatic rings. The van der Waals surface area contributed by atoms with Gasteiger partial charge in [-0.15, -0.1) is 5.10 Å². The Morgan fingerprint density at radius 1 is 1.12 bits per heavy atom. The smallest absolute Gasteiger partial charge is 0.353 e. The SMILES string of the molecule is NC(CNC(=O)Cn1nc(-c2ccc(Cl)cc2)n(CCC(F)(F)F)c1=O)c1cccc(Cl)c1Cl. The standard InChI is InChI=1S/C21H19Cl3F3N5O2/c22-13-6-4-12(5-7-13)19-30-32(20(34)31(19)9-8-21(25,26)27)11-17(33)29-10-16(28)14-2-1-3-15(23)18(14)24/h1-7,16H,8-11,28H2,(H,29,33). The lowest BCUT2D eigenvalue weighted by molar-refractivity contribution is -0.136. The summed E-state index contributed by atoms with van der Waals surface area (Å²) in [6, 6.07) is 10.3. The van der Waals surface area contributed by atoms with Crippen LogP contribution < -0.4 is 16.7 Å². The summed E-state index contributed by atoms with van der Waals surface area (Å²) in [6.45, 7) is -1.19. The van der Waals surface area contributed by atoms with Crippen LogP contribution >= 0.6 is 34.8 Å². The van der Waals surface area contributed by atoms with E-state index in [-0.39, 0.29) is 17.4 Å². The highest BCUT2D eigenvalue weighted by Gasteiger charge is 2.28. The minimum absolute atomic E-state index is 0.0128. The molecule has 0 aliphatic heterocycles. The summed E-state index contributed by atoms with van der Waals surface area (Å²) in [6.07, 6.45) is -5.71. The Morgan fingerprint density at radius 2 is 1.79 bits per heavy atom. The van der Waals surface area contributed by atoms with Crippen LogP contribution in [0.25, 0.3) is 11.4 Å². The monoisotopic (exact) mass is 535 g/mol. The van der Waals surface area contributed by atoms with E-state index < -0.39 is 43.3 Å². The first-order valence-electron chi connectivity index (χ1n) is 9.93. The second kappa shape index (κ2) is 10.8. The summed E-state index contributed by atoms with van der Waals surface area (Å²) < 4.78 is 40.1. The molecule has 2 aromatic carbocycles. The zero-order valence-electron chi connectivity index (χ0n) is 17.5. The molecule has 0 radical (unpaired) electrons. The fraction of sp³-hybridized carbons (Fsp3) is 0.286. The van der Waals surface area contributed by atoms with Crippen molar-refractivity contribution in [2.24, 2.45) is 5.73 Å². The van der Waals surface area contributed by atoms with Gasteiger partial charge in [0.1, 0.15) is 6.54 Å². The number of hydrogen-bond donors (Lipinski definition) is 2. The van der Waals surface area contributed by atoms with Crippen molar-refractivity contribution < 1.29 is 18.0 Å². The first-order valence-corrected chi connectivity index (χ1v) is 11.1. The first kappa shape index (κ1) is 26.1. The van der Waals surface area contributed by atoms with E-state index in [2.05, 4.69) is 10.4 Å². The minimum Gasteiger partial charge on any atom is -0.353 e. The average molecular weight is 537 g/mol. The molecule has 1 aromatic heterocycles. The quantitative estimate of drug-likeness (QED) is 0.445. The second-order valence-electron chi connectivity index (χ2n) is 7.34. The molecule has 0 aliphatic rings. The molecule has 0 saturated carbocycles. The van der Waals surface area contributed by atoms with E-state index in [1.807, 2.05) is 0 Å². The van der Waals surface area contributed by atoms with Gasteiger partial charge in [-0.1, -0.05) is 46.9 Å². The van der Waals surface area contributed by atoms with Crippen LogP contribution in [0.2, 0.25) is 15.1 Å². The zero-order valence-corrected chi connectivity index (χ0v) is 19.7. The molecule has 1 unspecified atom stereocenters. The number of hydrogen-bond acceptors (Lipinski definition) is 4. The van der Waals surface area contributed by atoms with E-state index in [4.69, 9.17) is 40.5 Å². The van der Waals surface area contributed by atoms with Crippen LogP contribution in [0.15, 0.2) is 47.3 Å². The van der Waals surface area contributed by atoms with Gasteiger partial charge in [-0.05, 0) is 35.9 Å². The predicted molar refractivity (Wildman–Crippen MR) is 124 cm³/mol. The fourth-order valence-corrected chi connectivity index (χ4v) is 3.70. The fourth-order valence-electron chi connectivity index (χ4n) is 3.13. The largest absolute Gasteiger partial charge is 0.390 e. The van der Waals surface area contributed by atoms with Crippen LogP contribution in [-0.4, -0.2) is 33.0 Å². The third-order valence-electron chi connectivity index (χ3n) is 4.84. The Morgan fingerprint density at radius 3 is 2.44 bits per heavy atom. The molecule has 1 atom stereocenters. The Hall–Kier alpha value is -2.53. The lowest BCUT2D eigenvalue weighted by Gasteiger charge is -2.15. The van der Waals surface area contributed by atoms with Crippen molar-refractivity contribution in [1.82, 2.24) is 19.7 Å². The number of nitrogens with one attached hydrogen (secondary N) is 1. The van der Waals surface area contributed by atoms with E-state index in [0.717, 1.165) is 9.25 Å². The average Bonchev–Trinajstić information content (AvgIpc) is 3.07. The van der Waals surface area contributed by atoms with Crippen molar-refractivity contribution in [2.45, 2.75) is 31.7 Å².